The van der Waals surface area contributed by atoms with Crippen LogP contribution in [-0.4, -0.2) is 49.6 Å². The van der Waals surface area contributed by atoms with E-state index >= 15 is 0 Å². The summed E-state index contributed by atoms with van der Waals surface area (Å²) in [5.41, 5.74) is 5.98. The fraction of sp³-hybridized carbons (Fsp3) is 0.467. The average molecular weight is 344 g/mol. The number of halogens is 1. The number of carbonyl (C=O) groups is 2. The van der Waals surface area contributed by atoms with Crippen LogP contribution in [0.3, 0.4) is 0 Å². The number of likely N-dealkylation sites (N-methyl/N-ethyl adjacent to an activating group) is 1. The summed E-state index contributed by atoms with van der Waals surface area (Å²) < 4.78 is 10.9. The number of nitrogens with one attached hydrogen (secondary N) is 1. The van der Waals surface area contributed by atoms with Gasteiger partial charge in [-0.05, 0) is 19.1 Å². The lowest BCUT2D eigenvalue weighted by Gasteiger charge is -2.21. The zero-order valence-corrected chi connectivity index (χ0v) is 13.9. The summed E-state index contributed by atoms with van der Waals surface area (Å²) in [6.07, 6.45) is 0.241. The summed E-state index contributed by atoms with van der Waals surface area (Å²) >= 11 is 0. The Morgan fingerprint density at radius 3 is 2.61 bits per heavy atom. The smallest absolute Gasteiger partial charge is 0.243 e. The molecule has 0 saturated carbocycles. The van der Waals surface area contributed by atoms with Crippen LogP contribution >= 0.6 is 12.4 Å². The Morgan fingerprint density at radius 2 is 1.96 bits per heavy atom. The molecule has 0 spiro atoms. The monoisotopic (exact) mass is 343 g/mol. The van der Waals surface area contributed by atoms with Gasteiger partial charge in [0.2, 0.25) is 11.8 Å². The topological polar surface area (TPSA) is 93.9 Å². The third-order valence-electron chi connectivity index (χ3n) is 3.25. The Bertz CT molecular complexity index is 554. The van der Waals surface area contributed by atoms with E-state index in [2.05, 4.69) is 5.32 Å². The summed E-state index contributed by atoms with van der Waals surface area (Å²) in [5, 5.41) is 2.75. The van der Waals surface area contributed by atoms with Gasteiger partial charge in [-0.25, -0.2) is 0 Å². The van der Waals surface area contributed by atoms with Gasteiger partial charge in [-0.1, -0.05) is 0 Å². The number of ether oxygens (including phenoxy) is 2. The molecule has 2 rings (SSSR count). The molecule has 8 heteroatoms. The predicted molar refractivity (Wildman–Crippen MR) is 89.2 cm³/mol. The van der Waals surface area contributed by atoms with Gasteiger partial charge in [-0.2, -0.15) is 0 Å². The van der Waals surface area contributed by atoms with E-state index in [0.717, 1.165) is 0 Å². The minimum absolute atomic E-state index is 0. The van der Waals surface area contributed by atoms with E-state index < -0.39 is 0 Å². The maximum Gasteiger partial charge on any atom is 0.243 e. The highest BCUT2D eigenvalue weighted by Gasteiger charge is 2.16. The molecule has 0 atom stereocenters. The zero-order valence-electron chi connectivity index (χ0n) is 13.0. The first-order valence-corrected chi connectivity index (χ1v) is 7.31. The molecular weight excluding hydrogens is 322 g/mol. The molecule has 2 amide bonds. The van der Waals surface area contributed by atoms with Crippen LogP contribution in [0.4, 0.5) is 5.69 Å². The van der Waals surface area contributed by atoms with Crippen molar-refractivity contribution in [2.75, 3.05) is 38.2 Å². The second-order valence-corrected chi connectivity index (χ2v) is 4.85. The van der Waals surface area contributed by atoms with Gasteiger partial charge in [0.15, 0.2) is 11.5 Å². The van der Waals surface area contributed by atoms with Gasteiger partial charge in [-0.3, -0.25) is 9.59 Å². The minimum atomic E-state index is -0.260. The average Bonchev–Trinajstić information content (AvgIpc) is 2.52. The summed E-state index contributed by atoms with van der Waals surface area (Å²) in [6.45, 7) is 3.58. The molecule has 0 fully saturated rings. The highest BCUT2D eigenvalue weighted by Crippen LogP contribution is 2.32. The maximum absolute atomic E-state index is 12.1. The molecule has 0 unspecified atom stereocenters. The zero-order chi connectivity index (χ0) is 15.9. The lowest BCUT2D eigenvalue weighted by molar-refractivity contribution is -0.134. The number of nitrogens with zero attached hydrogens (tertiary/aromatic N) is 1. The van der Waals surface area contributed by atoms with Crippen LogP contribution in [0.1, 0.15) is 13.3 Å². The number of hydrogen-bond acceptors (Lipinski definition) is 5. The molecule has 0 radical (unpaired) electrons. The standard InChI is InChI=1S/C15H21N3O4.ClH/c1-2-18(15(20)5-6-16)10-14(19)17-11-3-4-12-13(9-11)22-8-7-21-12;/h3-4,9H,2,5-8,10,16H2,1H3,(H,17,19);1H. The van der Waals surface area contributed by atoms with E-state index in [1.165, 1.54) is 4.90 Å². The normalized spacial score (nSPS) is 12.1. The SMILES string of the molecule is CCN(CC(=O)Nc1ccc2c(c1)OCCO2)C(=O)CCN.Cl. The van der Waals surface area contributed by atoms with E-state index in [-0.39, 0.29) is 43.7 Å². The number of rotatable bonds is 6. The van der Waals surface area contributed by atoms with Crippen molar-refractivity contribution in [3.63, 3.8) is 0 Å². The number of nitrogens with two attached hydrogens (primary N) is 1. The highest BCUT2D eigenvalue weighted by atomic mass is 35.5. The first-order chi connectivity index (χ1) is 10.6. The maximum atomic E-state index is 12.1. The molecule has 23 heavy (non-hydrogen) atoms. The Labute approximate surface area is 141 Å². The largest absolute Gasteiger partial charge is 0.486 e. The third kappa shape index (κ3) is 5.30. The van der Waals surface area contributed by atoms with Crippen LogP contribution in [0, 0.1) is 0 Å². The molecule has 1 heterocycles. The molecule has 0 aromatic heterocycles. The molecule has 1 aliphatic heterocycles. The number of carbonyl (C=O) groups excluding carboxylic acids is 2. The van der Waals surface area contributed by atoms with Gasteiger partial charge < -0.3 is 25.4 Å². The van der Waals surface area contributed by atoms with Crippen LogP contribution in [-0.2, 0) is 9.59 Å². The molecule has 0 bridgehead atoms. The van der Waals surface area contributed by atoms with E-state index in [4.69, 9.17) is 15.2 Å². The van der Waals surface area contributed by atoms with Gasteiger partial charge in [0.25, 0.3) is 0 Å². The van der Waals surface area contributed by atoms with Crippen LogP contribution < -0.4 is 20.5 Å². The Kier molecular flexibility index (Phi) is 7.64. The molecule has 128 valence electrons. The molecule has 7 nitrogen and oxygen atoms in total. The van der Waals surface area contributed by atoms with Crippen molar-refractivity contribution < 1.29 is 19.1 Å². The number of amides is 2. The summed E-state index contributed by atoms with van der Waals surface area (Å²) in [6, 6.07) is 5.20. The van der Waals surface area contributed by atoms with Crippen molar-refractivity contribution in [1.29, 1.82) is 0 Å². The molecule has 0 aliphatic carbocycles. The van der Waals surface area contributed by atoms with Gasteiger partial charge in [0.1, 0.15) is 13.2 Å². The van der Waals surface area contributed by atoms with Gasteiger partial charge >= 0.3 is 0 Å². The molecule has 0 saturated heterocycles. The van der Waals surface area contributed by atoms with Crippen LogP contribution in [0.15, 0.2) is 18.2 Å². The summed E-state index contributed by atoms with van der Waals surface area (Å²) in [4.78, 5) is 25.3. The van der Waals surface area contributed by atoms with Crippen molar-refractivity contribution in [2.24, 2.45) is 5.73 Å². The fourth-order valence-electron chi connectivity index (χ4n) is 2.15. The van der Waals surface area contributed by atoms with Gasteiger partial charge in [0.05, 0.1) is 6.54 Å². The first-order valence-electron chi connectivity index (χ1n) is 7.31. The van der Waals surface area contributed by atoms with E-state index in [1.807, 2.05) is 6.92 Å². The van der Waals surface area contributed by atoms with Crippen molar-refractivity contribution >= 4 is 29.9 Å². The lowest BCUT2D eigenvalue weighted by atomic mass is 10.2. The predicted octanol–water partition coefficient (Wildman–Crippen LogP) is 1.02. The van der Waals surface area contributed by atoms with Crippen LogP contribution in [0.2, 0.25) is 0 Å². The fourth-order valence-corrected chi connectivity index (χ4v) is 2.15. The van der Waals surface area contributed by atoms with Crippen molar-refractivity contribution in [3.8, 4) is 11.5 Å². The molecule has 1 aromatic carbocycles. The Morgan fingerprint density at radius 1 is 1.26 bits per heavy atom. The quantitative estimate of drug-likeness (QED) is 0.804. The van der Waals surface area contributed by atoms with Crippen LogP contribution in [0.5, 0.6) is 11.5 Å². The summed E-state index contributed by atoms with van der Waals surface area (Å²) in [5.74, 6) is 0.888. The molecule has 1 aliphatic rings. The number of hydrogen-bond donors (Lipinski definition) is 2. The van der Waals surface area contributed by atoms with Crippen molar-refractivity contribution in [3.05, 3.63) is 18.2 Å². The number of fused-ring (bicyclic) bond motifs is 1. The van der Waals surface area contributed by atoms with Crippen LogP contribution in [0.25, 0.3) is 0 Å². The molecule has 1 aromatic rings. The van der Waals surface area contributed by atoms with Crippen molar-refractivity contribution in [1.82, 2.24) is 4.90 Å². The van der Waals surface area contributed by atoms with E-state index in [9.17, 15) is 9.59 Å². The van der Waals surface area contributed by atoms with Gasteiger partial charge in [0, 0.05) is 31.3 Å². The second-order valence-electron chi connectivity index (χ2n) is 4.85. The third-order valence-corrected chi connectivity index (χ3v) is 3.25. The highest BCUT2D eigenvalue weighted by molar-refractivity contribution is 5.94. The number of anilines is 1. The van der Waals surface area contributed by atoms with E-state index in [1.54, 1.807) is 18.2 Å². The lowest BCUT2D eigenvalue weighted by Crippen LogP contribution is -2.38. The number of benzene rings is 1. The van der Waals surface area contributed by atoms with Crippen molar-refractivity contribution in [2.45, 2.75) is 13.3 Å². The molecule has 3 N–H and O–H groups in total. The van der Waals surface area contributed by atoms with Gasteiger partial charge in [-0.15, -0.1) is 12.4 Å². The first kappa shape index (κ1) is 19.1. The second kappa shape index (κ2) is 9.22. The van der Waals surface area contributed by atoms with E-state index in [0.29, 0.717) is 36.9 Å². The Hall–Kier alpha value is -1.99. The summed E-state index contributed by atoms with van der Waals surface area (Å²) in [7, 11) is 0. The minimum Gasteiger partial charge on any atom is -0.486 e. The molecular formula is C15H22ClN3O4. The Balaban J connectivity index is 0.00000264.